The summed E-state index contributed by atoms with van der Waals surface area (Å²) in [5.74, 6) is -1.81. The van der Waals surface area contributed by atoms with Gasteiger partial charge in [-0.25, -0.2) is 9.18 Å². The summed E-state index contributed by atoms with van der Waals surface area (Å²) in [5.41, 5.74) is -0.0210. The molecule has 2 rings (SSSR count). The number of aryl methyl sites for hydroxylation is 2. The number of aromatic carboxylic acids is 1. The van der Waals surface area contributed by atoms with Gasteiger partial charge in [0.15, 0.2) is 0 Å². The number of carboxylic acid groups (broad SMARTS) is 1. The van der Waals surface area contributed by atoms with Crippen molar-refractivity contribution in [1.29, 1.82) is 0 Å². The molecule has 0 amide bonds. The van der Waals surface area contributed by atoms with E-state index < -0.39 is 17.2 Å². The number of carboxylic acids is 1. The van der Waals surface area contributed by atoms with E-state index in [9.17, 15) is 14.0 Å². The van der Waals surface area contributed by atoms with Gasteiger partial charge in [-0.05, 0) is 31.5 Å². The SMILES string of the molecule is CCn1cc(C(=O)O)c(=O)c2cc(F)c(C)cc21. The maximum atomic E-state index is 13.5. The lowest BCUT2D eigenvalue weighted by molar-refractivity contribution is 0.0695. The normalized spacial score (nSPS) is 10.8. The van der Waals surface area contributed by atoms with E-state index in [0.29, 0.717) is 17.6 Å². The van der Waals surface area contributed by atoms with Gasteiger partial charge in [-0.15, -0.1) is 0 Å². The van der Waals surface area contributed by atoms with E-state index in [1.807, 2.05) is 6.92 Å². The predicted molar refractivity (Wildman–Crippen MR) is 65.5 cm³/mol. The van der Waals surface area contributed by atoms with E-state index in [1.54, 1.807) is 17.6 Å². The summed E-state index contributed by atoms with van der Waals surface area (Å²) in [4.78, 5) is 22.9. The number of pyridine rings is 1. The zero-order valence-electron chi connectivity index (χ0n) is 10.0. The molecule has 4 nitrogen and oxygen atoms in total. The molecule has 0 spiro atoms. The van der Waals surface area contributed by atoms with Crippen molar-refractivity contribution in [1.82, 2.24) is 4.57 Å². The Kier molecular flexibility index (Phi) is 2.90. The van der Waals surface area contributed by atoms with Gasteiger partial charge in [0.2, 0.25) is 5.43 Å². The van der Waals surface area contributed by atoms with Crippen molar-refractivity contribution in [3.05, 3.63) is 45.5 Å². The summed E-state index contributed by atoms with van der Waals surface area (Å²) < 4.78 is 15.1. The Bertz CT molecular complexity index is 703. The number of hydrogen-bond donors (Lipinski definition) is 1. The lowest BCUT2D eigenvalue weighted by Crippen LogP contribution is -2.19. The Balaban J connectivity index is 2.99. The van der Waals surface area contributed by atoms with Gasteiger partial charge in [-0.3, -0.25) is 4.79 Å². The van der Waals surface area contributed by atoms with Crippen LogP contribution in [0.1, 0.15) is 22.8 Å². The summed E-state index contributed by atoms with van der Waals surface area (Å²) in [6, 6.07) is 2.66. The molecule has 0 unspecified atom stereocenters. The lowest BCUT2D eigenvalue weighted by Gasteiger charge is -2.11. The molecule has 2 aromatic rings. The monoisotopic (exact) mass is 249 g/mol. The maximum Gasteiger partial charge on any atom is 0.341 e. The Morgan fingerprint density at radius 1 is 1.44 bits per heavy atom. The van der Waals surface area contributed by atoms with Crippen molar-refractivity contribution < 1.29 is 14.3 Å². The van der Waals surface area contributed by atoms with E-state index >= 15 is 0 Å². The van der Waals surface area contributed by atoms with Crippen LogP contribution in [0.25, 0.3) is 10.9 Å². The van der Waals surface area contributed by atoms with Gasteiger partial charge < -0.3 is 9.67 Å². The standard InChI is InChI=1S/C13H12FNO3/c1-3-15-6-9(13(17)18)12(16)8-5-10(14)7(2)4-11(8)15/h4-6H,3H2,1-2H3,(H,17,18). The highest BCUT2D eigenvalue weighted by molar-refractivity contribution is 5.92. The first-order chi connectivity index (χ1) is 8.45. The second-order valence-electron chi connectivity index (χ2n) is 4.08. The molecule has 0 radical (unpaired) electrons. The molecule has 0 atom stereocenters. The van der Waals surface area contributed by atoms with Gasteiger partial charge in [-0.1, -0.05) is 0 Å². The van der Waals surface area contributed by atoms with Crippen molar-refractivity contribution in [3.63, 3.8) is 0 Å². The Morgan fingerprint density at radius 2 is 2.11 bits per heavy atom. The summed E-state index contributed by atoms with van der Waals surface area (Å²) in [7, 11) is 0. The van der Waals surface area contributed by atoms with Crippen molar-refractivity contribution in [2.75, 3.05) is 0 Å². The molecule has 0 saturated carbocycles. The minimum absolute atomic E-state index is 0.0971. The van der Waals surface area contributed by atoms with Gasteiger partial charge in [0.1, 0.15) is 11.4 Å². The van der Waals surface area contributed by atoms with Crippen LogP contribution in [0, 0.1) is 12.7 Å². The van der Waals surface area contributed by atoms with Crippen LogP contribution in [0.3, 0.4) is 0 Å². The molecule has 1 heterocycles. The van der Waals surface area contributed by atoms with Gasteiger partial charge in [-0.2, -0.15) is 0 Å². The fourth-order valence-corrected chi connectivity index (χ4v) is 1.93. The summed E-state index contributed by atoms with van der Waals surface area (Å²) >= 11 is 0. The number of rotatable bonds is 2. The first-order valence-electron chi connectivity index (χ1n) is 5.52. The van der Waals surface area contributed by atoms with Crippen LogP contribution >= 0.6 is 0 Å². The number of carbonyl (C=O) groups is 1. The van der Waals surface area contributed by atoms with Crippen molar-refractivity contribution in [2.24, 2.45) is 0 Å². The average molecular weight is 249 g/mol. The molecule has 1 N–H and O–H groups in total. The van der Waals surface area contributed by atoms with E-state index in [1.165, 1.54) is 6.20 Å². The van der Waals surface area contributed by atoms with E-state index in [4.69, 9.17) is 5.11 Å². The highest BCUT2D eigenvalue weighted by atomic mass is 19.1. The van der Waals surface area contributed by atoms with Crippen molar-refractivity contribution in [3.8, 4) is 0 Å². The zero-order chi connectivity index (χ0) is 13.4. The smallest absolute Gasteiger partial charge is 0.341 e. The van der Waals surface area contributed by atoms with Crippen LogP contribution in [0.5, 0.6) is 0 Å². The summed E-state index contributed by atoms with van der Waals surface area (Å²) in [6.07, 6.45) is 1.30. The van der Waals surface area contributed by atoms with Gasteiger partial charge in [0.05, 0.1) is 5.52 Å². The summed E-state index contributed by atoms with van der Waals surface area (Å²) in [6.45, 7) is 3.93. The highest BCUT2D eigenvalue weighted by Crippen LogP contribution is 2.17. The molecule has 0 aliphatic rings. The number of fused-ring (bicyclic) bond motifs is 1. The van der Waals surface area contributed by atoms with Crippen LogP contribution < -0.4 is 5.43 Å². The van der Waals surface area contributed by atoms with E-state index in [-0.39, 0.29) is 10.9 Å². The van der Waals surface area contributed by atoms with Gasteiger partial charge >= 0.3 is 5.97 Å². The first kappa shape index (κ1) is 12.3. The number of hydrogen-bond acceptors (Lipinski definition) is 2. The summed E-state index contributed by atoms with van der Waals surface area (Å²) in [5, 5.41) is 9.06. The zero-order valence-corrected chi connectivity index (χ0v) is 10.0. The largest absolute Gasteiger partial charge is 0.477 e. The molecular weight excluding hydrogens is 237 g/mol. The Morgan fingerprint density at radius 3 is 2.67 bits per heavy atom. The molecular formula is C13H12FNO3. The molecule has 1 aromatic heterocycles. The molecule has 5 heteroatoms. The molecule has 18 heavy (non-hydrogen) atoms. The van der Waals surface area contributed by atoms with Crippen LogP contribution in [-0.2, 0) is 6.54 Å². The lowest BCUT2D eigenvalue weighted by atomic mass is 10.1. The second kappa shape index (κ2) is 4.25. The quantitative estimate of drug-likeness (QED) is 0.887. The molecule has 0 fully saturated rings. The maximum absolute atomic E-state index is 13.5. The van der Waals surface area contributed by atoms with E-state index in [0.717, 1.165) is 6.07 Å². The Labute approximate surface area is 102 Å². The molecule has 0 aliphatic carbocycles. The van der Waals surface area contributed by atoms with E-state index in [2.05, 4.69) is 0 Å². The Hall–Kier alpha value is -2.17. The number of nitrogens with zero attached hydrogens (tertiary/aromatic N) is 1. The van der Waals surface area contributed by atoms with Gasteiger partial charge in [0.25, 0.3) is 0 Å². The fourth-order valence-electron chi connectivity index (χ4n) is 1.93. The molecule has 0 saturated heterocycles. The minimum atomic E-state index is -1.30. The van der Waals surface area contributed by atoms with Crippen LogP contribution in [0.2, 0.25) is 0 Å². The number of halogens is 1. The third-order valence-corrected chi connectivity index (χ3v) is 2.93. The fraction of sp³-hybridized carbons (Fsp3) is 0.231. The van der Waals surface area contributed by atoms with Gasteiger partial charge in [0, 0.05) is 18.1 Å². The van der Waals surface area contributed by atoms with Crippen LogP contribution in [0.4, 0.5) is 4.39 Å². The topological polar surface area (TPSA) is 59.3 Å². The molecule has 0 aliphatic heterocycles. The third kappa shape index (κ3) is 1.77. The van der Waals surface area contributed by atoms with Crippen LogP contribution in [0.15, 0.2) is 23.1 Å². The van der Waals surface area contributed by atoms with Crippen molar-refractivity contribution >= 4 is 16.9 Å². The number of benzene rings is 1. The third-order valence-electron chi connectivity index (χ3n) is 2.93. The average Bonchev–Trinajstić information content (AvgIpc) is 2.32. The van der Waals surface area contributed by atoms with Crippen LogP contribution in [-0.4, -0.2) is 15.6 Å². The minimum Gasteiger partial charge on any atom is -0.477 e. The predicted octanol–water partition coefficient (Wildman–Crippen LogP) is 2.17. The molecule has 94 valence electrons. The molecule has 0 bridgehead atoms. The molecule has 1 aromatic carbocycles. The number of aromatic nitrogens is 1. The highest BCUT2D eigenvalue weighted by Gasteiger charge is 2.15. The second-order valence-corrected chi connectivity index (χ2v) is 4.08. The van der Waals surface area contributed by atoms with Crippen molar-refractivity contribution in [2.45, 2.75) is 20.4 Å². The first-order valence-corrected chi connectivity index (χ1v) is 5.52.